The van der Waals surface area contributed by atoms with Gasteiger partial charge in [-0.1, -0.05) is 36.3 Å². The number of ether oxygens (including phenoxy) is 1. The third kappa shape index (κ3) is 2.73. The van der Waals surface area contributed by atoms with E-state index < -0.39 is 5.60 Å². The minimum atomic E-state index is -0.474. The number of likely N-dealkylation sites (tertiary alicyclic amines) is 1. The van der Waals surface area contributed by atoms with Crippen LogP contribution < -0.4 is 0 Å². The monoisotopic (exact) mass is 257 g/mol. The largest absolute Gasteiger partial charge is 0.444 e. The molecule has 1 aromatic carbocycles. The maximum atomic E-state index is 11.9. The van der Waals surface area contributed by atoms with Gasteiger partial charge in [-0.15, -0.1) is 6.42 Å². The molecule has 3 nitrogen and oxygen atoms in total. The van der Waals surface area contributed by atoms with E-state index in [1.165, 1.54) is 0 Å². The van der Waals surface area contributed by atoms with E-state index in [-0.39, 0.29) is 11.5 Å². The Hall–Kier alpha value is -1.95. The van der Waals surface area contributed by atoms with Crippen molar-refractivity contribution in [1.82, 2.24) is 4.90 Å². The molecule has 1 aliphatic heterocycles. The highest BCUT2D eigenvalue weighted by atomic mass is 16.6. The minimum Gasteiger partial charge on any atom is -0.444 e. The number of terminal acetylenes is 1. The van der Waals surface area contributed by atoms with Crippen LogP contribution >= 0.6 is 0 Å². The number of rotatable bonds is 1. The molecule has 1 aliphatic rings. The normalized spacial score (nSPS) is 17.3. The molecule has 0 aliphatic carbocycles. The summed E-state index contributed by atoms with van der Waals surface area (Å²) in [5.74, 6) is 2.83. The van der Waals surface area contributed by atoms with Crippen LogP contribution in [0.5, 0.6) is 0 Å². The number of benzene rings is 1. The fourth-order valence-corrected chi connectivity index (χ4v) is 2.18. The molecule has 0 atom stereocenters. The summed E-state index contributed by atoms with van der Waals surface area (Å²) in [5.41, 5.74) is 0.244. The van der Waals surface area contributed by atoms with E-state index in [0.717, 1.165) is 5.56 Å². The van der Waals surface area contributed by atoms with Gasteiger partial charge < -0.3 is 9.64 Å². The first-order chi connectivity index (χ1) is 8.86. The number of carbonyl (C=O) groups excluding carboxylic acids is 1. The summed E-state index contributed by atoms with van der Waals surface area (Å²) < 4.78 is 5.33. The summed E-state index contributed by atoms with van der Waals surface area (Å²) in [6, 6.07) is 9.89. The van der Waals surface area contributed by atoms with Crippen LogP contribution in [0.15, 0.2) is 30.3 Å². The average molecular weight is 257 g/mol. The summed E-state index contributed by atoms with van der Waals surface area (Å²) in [6.07, 6.45) is 5.36. The third-order valence-corrected chi connectivity index (χ3v) is 3.18. The Morgan fingerprint density at radius 1 is 1.32 bits per heavy atom. The Morgan fingerprint density at radius 2 is 1.89 bits per heavy atom. The Bertz CT molecular complexity index is 502. The molecule has 0 N–H and O–H groups in total. The highest BCUT2D eigenvalue weighted by molar-refractivity contribution is 5.71. The topological polar surface area (TPSA) is 29.5 Å². The van der Waals surface area contributed by atoms with Gasteiger partial charge in [0.05, 0.1) is 5.41 Å². The molecule has 0 spiro atoms. The summed E-state index contributed by atoms with van der Waals surface area (Å²) in [5, 5.41) is 0. The molecule has 1 saturated heterocycles. The second-order valence-corrected chi connectivity index (χ2v) is 5.93. The van der Waals surface area contributed by atoms with Gasteiger partial charge in [0.25, 0.3) is 0 Å². The van der Waals surface area contributed by atoms with Crippen molar-refractivity contribution in [2.24, 2.45) is 0 Å². The molecular formula is C16H19NO2. The van der Waals surface area contributed by atoms with Crippen LogP contribution in [0, 0.1) is 12.3 Å². The number of hydrogen-bond donors (Lipinski definition) is 0. The van der Waals surface area contributed by atoms with E-state index in [1.54, 1.807) is 4.90 Å². The molecule has 3 heteroatoms. The standard InChI is InChI=1S/C16H19NO2/c1-5-16(13-9-7-6-8-10-13)11-17(12-16)14(18)19-15(2,3)4/h1,6-10H,11-12H2,2-4H3. The Morgan fingerprint density at radius 3 is 2.37 bits per heavy atom. The Balaban J connectivity index is 2.05. The summed E-state index contributed by atoms with van der Waals surface area (Å²) in [4.78, 5) is 13.6. The lowest BCUT2D eigenvalue weighted by Crippen LogP contribution is -2.61. The second kappa shape index (κ2) is 4.62. The molecule has 1 amide bonds. The molecule has 2 rings (SSSR count). The zero-order valence-corrected chi connectivity index (χ0v) is 11.6. The lowest BCUT2D eigenvalue weighted by molar-refractivity contribution is -0.000163. The SMILES string of the molecule is C#CC1(c2ccccc2)CN(C(=O)OC(C)(C)C)C1. The van der Waals surface area contributed by atoms with Gasteiger partial charge in [-0.25, -0.2) is 4.79 Å². The van der Waals surface area contributed by atoms with Gasteiger partial charge in [0, 0.05) is 13.1 Å². The number of carbonyl (C=O) groups is 1. The maximum absolute atomic E-state index is 11.9. The van der Waals surface area contributed by atoms with Crippen molar-refractivity contribution in [3.05, 3.63) is 35.9 Å². The predicted octanol–water partition coefficient (Wildman–Crippen LogP) is 2.81. The van der Waals surface area contributed by atoms with E-state index in [9.17, 15) is 4.79 Å². The molecule has 0 aromatic heterocycles. The van der Waals surface area contributed by atoms with Gasteiger partial charge in [0.15, 0.2) is 0 Å². The summed E-state index contributed by atoms with van der Waals surface area (Å²) in [7, 11) is 0. The van der Waals surface area contributed by atoms with Gasteiger partial charge in [0.2, 0.25) is 0 Å². The molecule has 1 fully saturated rings. The van der Waals surface area contributed by atoms with Crippen LogP contribution in [0.4, 0.5) is 4.79 Å². The van der Waals surface area contributed by atoms with E-state index in [1.807, 2.05) is 51.1 Å². The highest BCUT2D eigenvalue weighted by Gasteiger charge is 2.46. The van der Waals surface area contributed by atoms with Gasteiger partial charge in [-0.05, 0) is 26.3 Å². The molecule has 1 aromatic rings. The molecule has 0 bridgehead atoms. The minimum absolute atomic E-state index is 0.297. The molecule has 0 radical (unpaired) electrons. The summed E-state index contributed by atoms with van der Waals surface area (Å²) in [6.45, 7) is 6.60. The smallest absolute Gasteiger partial charge is 0.410 e. The van der Waals surface area contributed by atoms with Crippen molar-refractivity contribution >= 4 is 6.09 Å². The molecule has 19 heavy (non-hydrogen) atoms. The van der Waals surface area contributed by atoms with E-state index >= 15 is 0 Å². The van der Waals surface area contributed by atoms with E-state index in [4.69, 9.17) is 11.2 Å². The van der Waals surface area contributed by atoms with Crippen molar-refractivity contribution in [2.45, 2.75) is 31.8 Å². The number of amides is 1. The lowest BCUT2D eigenvalue weighted by atomic mass is 9.75. The van der Waals surface area contributed by atoms with Crippen molar-refractivity contribution in [3.8, 4) is 12.3 Å². The average Bonchev–Trinajstić information content (AvgIpc) is 2.27. The Labute approximate surface area is 114 Å². The first-order valence-electron chi connectivity index (χ1n) is 6.37. The molecule has 0 unspecified atom stereocenters. The van der Waals surface area contributed by atoms with Crippen LogP contribution in [0.25, 0.3) is 0 Å². The summed E-state index contributed by atoms with van der Waals surface area (Å²) >= 11 is 0. The number of nitrogens with zero attached hydrogens (tertiary/aromatic N) is 1. The van der Waals surface area contributed by atoms with Crippen molar-refractivity contribution in [3.63, 3.8) is 0 Å². The zero-order chi connectivity index (χ0) is 14.1. The van der Waals surface area contributed by atoms with Crippen LogP contribution in [0.3, 0.4) is 0 Å². The van der Waals surface area contributed by atoms with Crippen LogP contribution in [0.2, 0.25) is 0 Å². The third-order valence-electron chi connectivity index (χ3n) is 3.18. The zero-order valence-electron chi connectivity index (χ0n) is 11.6. The van der Waals surface area contributed by atoms with Crippen LogP contribution in [-0.4, -0.2) is 29.7 Å². The molecular weight excluding hydrogens is 238 g/mol. The van der Waals surface area contributed by atoms with Gasteiger partial charge in [-0.2, -0.15) is 0 Å². The highest BCUT2D eigenvalue weighted by Crippen LogP contribution is 2.34. The van der Waals surface area contributed by atoms with E-state index in [2.05, 4.69) is 5.92 Å². The molecule has 100 valence electrons. The van der Waals surface area contributed by atoms with Crippen molar-refractivity contribution < 1.29 is 9.53 Å². The lowest BCUT2D eigenvalue weighted by Gasteiger charge is -2.47. The fourth-order valence-electron chi connectivity index (χ4n) is 2.18. The van der Waals surface area contributed by atoms with Crippen molar-refractivity contribution in [1.29, 1.82) is 0 Å². The fraction of sp³-hybridized carbons (Fsp3) is 0.438. The van der Waals surface area contributed by atoms with Crippen molar-refractivity contribution in [2.75, 3.05) is 13.1 Å². The first kappa shape index (κ1) is 13.5. The molecule has 0 saturated carbocycles. The second-order valence-electron chi connectivity index (χ2n) is 5.93. The number of hydrogen-bond acceptors (Lipinski definition) is 2. The predicted molar refractivity (Wildman–Crippen MR) is 74.8 cm³/mol. The van der Waals surface area contributed by atoms with Gasteiger partial charge >= 0.3 is 6.09 Å². The van der Waals surface area contributed by atoms with E-state index in [0.29, 0.717) is 13.1 Å². The van der Waals surface area contributed by atoms with Gasteiger partial charge in [0.1, 0.15) is 5.60 Å². The quantitative estimate of drug-likeness (QED) is 0.724. The first-order valence-corrected chi connectivity index (χ1v) is 6.37. The maximum Gasteiger partial charge on any atom is 0.410 e. The van der Waals surface area contributed by atoms with Gasteiger partial charge in [-0.3, -0.25) is 0 Å². The Kier molecular flexibility index (Phi) is 3.28. The van der Waals surface area contributed by atoms with Crippen LogP contribution in [-0.2, 0) is 10.2 Å². The molecule has 1 heterocycles. The van der Waals surface area contributed by atoms with Crippen LogP contribution in [0.1, 0.15) is 26.3 Å².